The van der Waals surface area contributed by atoms with Gasteiger partial charge in [-0.25, -0.2) is 0 Å². The lowest BCUT2D eigenvalue weighted by Gasteiger charge is -2.30. The molecule has 0 aliphatic carbocycles. The summed E-state index contributed by atoms with van der Waals surface area (Å²) in [5, 5.41) is 3.32. The van der Waals surface area contributed by atoms with Crippen molar-refractivity contribution in [3.05, 3.63) is 23.8 Å². The highest BCUT2D eigenvalue weighted by Crippen LogP contribution is 2.20. The van der Waals surface area contributed by atoms with Crippen LogP contribution >= 0.6 is 0 Å². The average Bonchev–Trinajstić information content (AvgIpc) is 2.39. The number of carbonyl (C=O) groups is 1. The molecule has 2 rings (SSSR count). The first-order valence-corrected chi connectivity index (χ1v) is 6.82. The van der Waals surface area contributed by atoms with Gasteiger partial charge in [0.2, 0.25) is 0 Å². The molecule has 0 spiro atoms. The second-order valence-electron chi connectivity index (χ2n) is 5.13. The van der Waals surface area contributed by atoms with E-state index in [2.05, 4.69) is 17.1 Å². The number of hydrogen-bond donors (Lipinski definition) is 3. The molecular weight excluding hydrogens is 256 g/mol. The first-order chi connectivity index (χ1) is 9.56. The lowest BCUT2D eigenvalue weighted by Crippen LogP contribution is -2.42. The number of hydrogen-bond acceptors (Lipinski definition) is 5. The first kappa shape index (κ1) is 14.6. The zero-order chi connectivity index (χ0) is 14.5. The van der Waals surface area contributed by atoms with Crippen molar-refractivity contribution >= 4 is 17.3 Å². The molecule has 0 bridgehead atoms. The fourth-order valence-corrected chi connectivity index (χ4v) is 2.38. The van der Waals surface area contributed by atoms with E-state index in [0.717, 1.165) is 32.8 Å². The van der Waals surface area contributed by atoms with E-state index in [9.17, 15) is 4.79 Å². The maximum atomic E-state index is 11.4. The van der Waals surface area contributed by atoms with Crippen LogP contribution in [0.15, 0.2) is 18.2 Å². The predicted molar refractivity (Wildman–Crippen MR) is 79.7 cm³/mol. The summed E-state index contributed by atoms with van der Waals surface area (Å²) in [5.41, 5.74) is 12.9. The van der Waals surface area contributed by atoms with E-state index in [1.54, 1.807) is 18.2 Å². The number of primary amides is 1. The highest BCUT2D eigenvalue weighted by molar-refractivity contribution is 5.99. The number of rotatable bonds is 5. The van der Waals surface area contributed by atoms with Gasteiger partial charge in [0.25, 0.3) is 5.91 Å². The van der Waals surface area contributed by atoms with Crippen molar-refractivity contribution in [3.63, 3.8) is 0 Å². The summed E-state index contributed by atoms with van der Waals surface area (Å²) < 4.78 is 5.33. The van der Waals surface area contributed by atoms with E-state index < -0.39 is 5.91 Å². The summed E-state index contributed by atoms with van der Waals surface area (Å²) in [7, 11) is 0. The average molecular weight is 278 g/mol. The van der Waals surface area contributed by atoms with Gasteiger partial charge in [-0.05, 0) is 25.1 Å². The molecule has 1 atom stereocenters. The van der Waals surface area contributed by atoms with Crippen LogP contribution in [0.2, 0.25) is 0 Å². The molecule has 1 aromatic rings. The Morgan fingerprint density at radius 1 is 1.45 bits per heavy atom. The van der Waals surface area contributed by atoms with Crippen LogP contribution in [-0.2, 0) is 4.74 Å². The van der Waals surface area contributed by atoms with Crippen molar-refractivity contribution in [2.75, 3.05) is 43.9 Å². The Morgan fingerprint density at radius 3 is 2.80 bits per heavy atom. The number of nitrogen functional groups attached to an aromatic ring is 1. The van der Waals surface area contributed by atoms with Gasteiger partial charge in [-0.15, -0.1) is 0 Å². The van der Waals surface area contributed by atoms with Crippen molar-refractivity contribution in [2.24, 2.45) is 5.73 Å². The van der Waals surface area contributed by atoms with Crippen molar-refractivity contribution < 1.29 is 9.53 Å². The molecule has 6 nitrogen and oxygen atoms in total. The zero-order valence-electron chi connectivity index (χ0n) is 11.8. The SMILES string of the molecule is CC(CN1CCOCC1)Nc1cc(N)ccc1C(N)=O. The number of carbonyl (C=O) groups excluding carboxylic acids is 1. The Hall–Kier alpha value is -1.79. The summed E-state index contributed by atoms with van der Waals surface area (Å²) >= 11 is 0. The van der Waals surface area contributed by atoms with E-state index in [-0.39, 0.29) is 6.04 Å². The Kier molecular flexibility index (Phi) is 4.81. The number of amides is 1. The summed E-state index contributed by atoms with van der Waals surface area (Å²) in [6.45, 7) is 6.38. The number of morpholine rings is 1. The van der Waals surface area contributed by atoms with Crippen LogP contribution in [0.5, 0.6) is 0 Å². The van der Waals surface area contributed by atoms with Gasteiger partial charge in [-0.2, -0.15) is 0 Å². The molecule has 0 aromatic heterocycles. The molecule has 110 valence electrons. The van der Waals surface area contributed by atoms with Gasteiger partial charge in [-0.3, -0.25) is 9.69 Å². The van der Waals surface area contributed by atoms with Crippen molar-refractivity contribution in [1.82, 2.24) is 4.90 Å². The third-order valence-electron chi connectivity index (χ3n) is 3.35. The molecule has 1 aliphatic rings. The van der Waals surface area contributed by atoms with Crippen LogP contribution in [0.3, 0.4) is 0 Å². The topological polar surface area (TPSA) is 93.6 Å². The Balaban J connectivity index is 2.00. The van der Waals surface area contributed by atoms with Crippen LogP contribution in [0.4, 0.5) is 11.4 Å². The smallest absolute Gasteiger partial charge is 0.250 e. The third-order valence-corrected chi connectivity index (χ3v) is 3.35. The molecule has 20 heavy (non-hydrogen) atoms. The van der Waals surface area contributed by atoms with E-state index in [1.807, 2.05) is 0 Å². The summed E-state index contributed by atoms with van der Waals surface area (Å²) in [6, 6.07) is 5.27. The van der Waals surface area contributed by atoms with Crippen LogP contribution in [0.25, 0.3) is 0 Å². The van der Waals surface area contributed by atoms with Crippen molar-refractivity contribution in [1.29, 1.82) is 0 Å². The van der Waals surface area contributed by atoms with E-state index in [1.165, 1.54) is 0 Å². The highest BCUT2D eigenvalue weighted by Gasteiger charge is 2.15. The van der Waals surface area contributed by atoms with E-state index >= 15 is 0 Å². The van der Waals surface area contributed by atoms with Gasteiger partial charge in [0.15, 0.2) is 0 Å². The number of ether oxygens (including phenoxy) is 1. The van der Waals surface area contributed by atoms with Gasteiger partial charge in [0, 0.05) is 37.1 Å². The molecule has 0 saturated carbocycles. The van der Waals surface area contributed by atoms with Crippen LogP contribution in [0.1, 0.15) is 17.3 Å². The summed E-state index contributed by atoms with van der Waals surface area (Å²) in [5.74, 6) is -0.453. The maximum Gasteiger partial charge on any atom is 0.250 e. The standard InChI is InChI=1S/C14H22N4O2/c1-10(9-18-4-6-20-7-5-18)17-13-8-11(15)2-3-12(13)14(16)19/h2-3,8,10,17H,4-7,9,15H2,1H3,(H2,16,19). The fraction of sp³-hybridized carbons (Fsp3) is 0.500. The Labute approximate surface area is 119 Å². The van der Waals surface area contributed by atoms with Crippen molar-refractivity contribution in [2.45, 2.75) is 13.0 Å². The molecule has 1 heterocycles. The normalized spacial score (nSPS) is 17.6. The van der Waals surface area contributed by atoms with Gasteiger partial charge in [0.1, 0.15) is 0 Å². The minimum absolute atomic E-state index is 0.188. The number of nitrogens with two attached hydrogens (primary N) is 2. The second kappa shape index (κ2) is 6.58. The van der Waals surface area contributed by atoms with Gasteiger partial charge >= 0.3 is 0 Å². The minimum atomic E-state index is -0.453. The largest absolute Gasteiger partial charge is 0.399 e. The summed E-state index contributed by atoms with van der Waals surface area (Å²) in [6.07, 6.45) is 0. The highest BCUT2D eigenvalue weighted by atomic mass is 16.5. The van der Waals surface area contributed by atoms with Crippen LogP contribution < -0.4 is 16.8 Å². The molecule has 1 aromatic carbocycles. The molecular formula is C14H22N4O2. The quantitative estimate of drug-likeness (QED) is 0.682. The Bertz CT molecular complexity index is 472. The second-order valence-corrected chi connectivity index (χ2v) is 5.13. The lowest BCUT2D eigenvalue weighted by atomic mass is 10.1. The first-order valence-electron chi connectivity index (χ1n) is 6.82. The van der Waals surface area contributed by atoms with Gasteiger partial charge in [0.05, 0.1) is 18.8 Å². The molecule has 5 N–H and O–H groups in total. The maximum absolute atomic E-state index is 11.4. The Morgan fingerprint density at radius 2 is 2.15 bits per heavy atom. The van der Waals surface area contributed by atoms with Gasteiger partial charge < -0.3 is 21.5 Å². The molecule has 1 saturated heterocycles. The molecule has 1 fully saturated rings. The number of nitrogens with zero attached hydrogens (tertiary/aromatic N) is 1. The van der Waals surface area contributed by atoms with Crippen molar-refractivity contribution in [3.8, 4) is 0 Å². The fourth-order valence-electron chi connectivity index (χ4n) is 2.38. The minimum Gasteiger partial charge on any atom is -0.399 e. The van der Waals surface area contributed by atoms with Gasteiger partial charge in [-0.1, -0.05) is 0 Å². The third kappa shape index (κ3) is 3.85. The number of nitrogens with one attached hydrogen (secondary N) is 1. The molecule has 6 heteroatoms. The monoisotopic (exact) mass is 278 g/mol. The zero-order valence-corrected chi connectivity index (χ0v) is 11.8. The lowest BCUT2D eigenvalue weighted by molar-refractivity contribution is 0.0368. The van der Waals surface area contributed by atoms with Crippen LogP contribution in [0, 0.1) is 0 Å². The predicted octanol–water partition coefficient (Wildman–Crippen LogP) is 0.500. The number of anilines is 2. The molecule has 1 amide bonds. The number of benzene rings is 1. The van der Waals surface area contributed by atoms with Crippen LogP contribution in [-0.4, -0.2) is 49.7 Å². The van der Waals surface area contributed by atoms with E-state index in [0.29, 0.717) is 16.9 Å². The summed E-state index contributed by atoms with van der Waals surface area (Å²) in [4.78, 5) is 13.7. The molecule has 1 unspecified atom stereocenters. The van der Waals surface area contributed by atoms with E-state index in [4.69, 9.17) is 16.2 Å². The molecule has 0 radical (unpaired) electrons. The molecule has 1 aliphatic heterocycles.